The van der Waals surface area contributed by atoms with Gasteiger partial charge in [0.15, 0.2) is 0 Å². The maximum absolute atomic E-state index is 10.1. The zero-order valence-electron chi connectivity index (χ0n) is 23.4. The molecule has 0 rings (SSSR count). The Morgan fingerprint density at radius 1 is 0.463 bits per heavy atom. The van der Waals surface area contributed by atoms with E-state index in [4.69, 9.17) is 52.9 Å². The second kappa shape index (κ2) is 38.2. The molecule has 0 aromatic rings. The average Bonchev–Trinajstić information content (AvgIpc) is 2.85. The predicted molar refractivity (Wildman–Crippen MR) is 144 cm³/mol. The topological polar surface area (TPSA) is 443 Å². The van der Waals surface area contributed by atoms with Gasteiger partial charge in [0, 0.05) is 0 Å². The number of rotatable bonds is 9. The van der Waals surface area contributed by atoms with Crippen molar-refractivity contribution in [2.45, 2.75) is 52.2 Å². The van der Waals surface area contributed by atoms with Gasteiger partial charge in [-0.1, -0.05) is 13.8 Å². The van der Waals surface area contributed by atoms with Gasteiger partial charge in [0.05, 0.1) is 26.2 Å². The van der Waals surface area contributed by atoms with E-state index in [0.717, 1.165) is 0 Å². The van der Waals surface area contributed by atoms with Gasteiger partial charge in [-0.05, 0) is 26.2 Å². The summed E-state index contributed by atoms with van der Waals surface area (Å²) in [7, 11) is 0. The lowest BCUT2D eigenvalue weighted by Crippen LogP contribution is -2.31. The van der Waals surface area contributed by atoms with E-state index < -0.39 is 59.9 Å². The van der Waals surface area contributed by atoms with Crippen LogP contribution in [0.2, 0.25) is 0 Å². The van der Waals surface area contributed by atoms with Gasteiger partial charge in [0.25, 0.3) is 0 Å². The predicted octanol–water partition coefficient (Wildman–Crippen LogP) is -4.60. The summed E-state index contributed by atoms with van der Waals surface area (Å²) in [5, 5.41) is 54.4. The van der Waals surface area contributed by atoms with Crippen LogP contribution < -0.4 is 40.1 Å². The van der Waals surface area contributed by atoms with E-state index in [1.807, 2.05) is 13.8 Å². The lowest BCUT2D eigenvalue weighted by Gasteiger charge is -2.07. The summed E-state index contributed by atoms with van der Waals surface area (Å²) in [4.78, 5) is 66.2. The van der Waals surface area contributed by atoms with Crippen LogP contribution in [0.4, 0.5) is 0 Å². The zero-order chi connectivity index (χ0) is 34.9. The Kier molecular flexibility index (Phi) is 49.6. The SMILES string of the molecule is CC(C)C[C@H](N)C(=O)O.C[C@H](N)C(=O)O.C[C@H](N)C(=O)O.NCC(=O)O.NCC(=O)O.NCC(=O)O.NCC(=O)O. The van der Waals surface area contributed by atoms with E-state index in [1.54, 1.807) is 0 Å². The molecule has 41 heavy (non-hydrogen) atoms. The maximum Gasteiger partial charge on any atom is 0.320 e. The Labute approximate surface area is 236 Å². The molecule has 0 aliphatic heterocycles. The van der Waals surface area contributed by atoms with Crippen molar-refractivity contribution in [2.24, 2.45) is 46.1 Å². The second-order valence-electron chi connectivity index (χ2n) is 7.22. The summed E-state index contributed by atoms with van der Waals surface area (Å²) in [5.41, 5.74) is 33.2. The third-order valence-electron chi connectivity index (χ3n) is 2.52. The number of aliphatic carboxylic acids is 7. The van der Waals surface area contributed by atoms with Crippen LogP contribution in [0.25, 0.3) is 0 Å². The third-order valence-corrected chi connectivity index (χ3v) is 2.52. The molecule has 0 heterocycles. The van der Waals surface area contributed by atoms with Crippen LogP contribution in [0.5, 0.6) is 0 Å². The molecule has 21 heteroatoms. The Morgan fingerprint density at radius 2 is 0.610 bits per heavy atom. The van der Waals surface area contributed by atoms with E-state index in [0.29, 0.717) is 12.3 Å². The summed E-state index contributed by atoms with van der Waals surface area (Å²) in [6.07, 6.45) is 0.551. The molecule has 0 radical (unpaired) electrons. The minimum atomic E-state index is -0.968. The molecule has 0 amide bonds. The first kappa shape index (κ1) is 53.3. The summed E-state index contributed by atoms with van der Waals surface area (Å²) < 4.78 is 0. The standard InChI is InChI=1S/C6H13NO2.2C3H7NO2.4C2H5NO2/c1-4(2)3-5(7)6(8)9;2*1-2(4)3(5)6;4*3-1-2(4)5/h4-5H,3,7H2,1-2H3,(H,8,9);2*2H,4H2,1H3,(H,5,6);4*1,3H2,(H,4,5)/t5-;2*2-;;;;/m000..../s1. The fourth-order valence-corrected chi connectivity index (χ4v) is 0.609. The molecule has 3 atom stereocenters. The first-order chi connectivity index (χ1) is 18.4. The van der Waals surface area contributed by atoms with Gasteiger partial charge in [-0.3, -0.25) is 33.6 Å². The molecular weight excluding hydrogens is 562 g/mol. The fraction of sp³-hybridized carbons (Fsp3) is 0.650. The van der Waals surface area contributed by atoms with Gasteiger partial charge in [-0.15, -0.1) is 0 Å². The van der Waals surface area contributed by atoms with Crippen LogP contribution >= 0.6 is 0 Å². The minimum Gasteiger partial charge on any atom is -0.480 e. The van der Waals surface area contributed by atoms with Crippen molar-refractivity contribution in [1.29, 1.82) is 0 Å². The van der Waals surface area contributed by atoms with Crippen molar-refractivity contribution in [3.8, 4) is 0 Å². The second-order valence-corrected chi connectivity index (χ2v) is 7.22. The van der Waals surface area contributed by atoms with Crippen molar-refractivity contribution < 1.29 is 69.3 Å². The van der Waals surface area contributed by atoms with E-state index in [2.05, 4.69) is 22.9 Å². The molecule has 0 unspecified atom stereocenters. The van der Waals surface area contributed by atoms with Gasteiger partial charge in [-0.25, -0.2) is 0 Å². The molecule has 0 aromatic carbocycles. The lowest BCUT2D eigenvalue weighted by atomic mass is 10.1. The number of carboxylic acids is 7. The van der Waals surface area contributed by atoms with Gasteiger partial charge in [0.1, 0.15) is 18.1 Å². The molecule has 246 valence electrons. The summed E-state index contributed by atoms with van der Waals surface area (Å²) in [5.74, 6) is -6.35. The quantitative estimate of drug-likeness (QED) is 0.117. The van der Waals surface area contributed by atoms with Gasteiger partial charge in [0.2, 0.25) is 0 Å². The molecule has 0 saturated carbocycles. The van der Waals surface area contributed by atoms with Crippen molar-refractivity contribution in [2.75, 3.05) is 26.2 Å². The van der Waals surface area contributed by atoms with Crippen LogP contribution in [-0.2, 0) is 33.6 Å². The molecule has 21 N–H and O–H groups in total. The molecular formula is C20H47N7O14. The molecule has 21 nitrogen and oxygen atoms in total. The van der Waals surface area contributed by atoms with Crippen molar-refractivity contribution in [3.05, 3.63) is 0 Å². The number of carbonyl (C=O) groups is 7. The number of hydrogen-bond acceptors (Lipinski definition) is 14. The maximum atomic E-state index is 10.1. The molecule has 0 aliphatic carbocycles. The summed E-state index contributed by atoms with van der Waals surface area (Å²) in [6, 6.07) is -2.15. The molecule has 0 fully saturated rings. The van der Waals surface area contributed by atoms with Crippen molar-refractivity contribution in [1.82, 2.24) is 0 Å². The van der Waals surface area contributed by atoms with Crippen LogP contribution in [-0.4, -0.2) is 122 Å². The van der Waals surface area contributed by atoms with Crippen molar-refractivity contribution >= 4 is 41.8 Å². The largest absolute Gasteiger partial charge is 0.480 e. The zero-order valence-corrected chi connectivity index (χ0v) is 23.4. The molecule has 0 spiro atoms. The lowest BCUT2D eigenvalue weighted by molar-refractivity contribution is -0.139. The highest BCUT2D eigenvalue weighted by Gasteiger charge is 2.11. The first-order valence-electron chi connectivity index (χ1n) is 11.0. The van der Waals surface area contributed by atoms with Crippen LogP contribution in [0, 0.1) is 5.92 Å². The smallest absolute Gasteiger partial charge is 0.320 e. The summed E-state index contributed by atoms with van der Waals surface area (Å²) in [6.45, 7) is 5.62. The van der Waals surface area contributed by atoms with Crippen LogP contribution in [0.15, 0.2) is 0 Å². The highest BCUT2D eigenvalue weighted by atomic mass is 16.4. The third kappa shape index (κ3) is 104. The Morgan fingerprint density at radius 3 is 0.634 bits per heavy atom. The average molecular weight is 610 g/mol. The van der Waals surface area contributed by atoms with Crippen molar-refractivity contribution in [3.63, 3.8) is 0 Å². The Balaban J connectivity index is -0.0000000667. The number of nitrogens with two attached hydrogens (primary N) is 7. The first-order valence-corrected chi connectivity index (χ1v) is 11.0. The van der Waals surface area contributed by atoms with Gasteiger partial charge >= 0.3 is 41.8 Å². The monoisotopic (exact) mass is 609 g/mol. The van der Waals surface area contributed by atoms with E-state index in [-0.39, 0.29) is 26.2 Å². The highest BCUT2D eigenvalue weighted by Crippen LogP contribution is 2.01. The van der Waals surface area contributed by atoms with Gasteiger partial charge in [-0.2, -0.15) is 0 Å². The van der Waals surface area contributed by atoms with E-state index in [9.17, 15) is 33.6 Å². The normalized spacial score (nSPS) is 10.6. The molecule has 0 saturated heterocycles. The molecule has 0 aromatic heterocycles. The molecule has 0 bridgehead atoms. The van der Waals surface area contributed by atoms with Crippen LogP contribution in [0.1, 0.15) is 34.1 Å². The fourth-order valence-electron chi connectivity index (χ4n) is 0.609. The number of carboxylic acid groups (broad SMARTS) is 7. The van der Waals surface area contributed by atoms with Gasteiger partial charge < -0.3 is 75.9 Å². The molecule has 0 aliphatic rings. The van der Waals surface area contributed by atoms with E-state index in [1.165, 1.54) is 13.8 Å². The van der Waals surface area contributed by atoms with E-state index >= 15 is 0 Å². The Hall–Kier alpha value is -3.99. The van der Waals surface area contributed by atoms with Crippen LogP contribution in [0.3, 0.4) is 0 Å². The minimum absolute atomic E-state index is 0.278. The highest BCUT2D eigenvalue weighted by molar-refractivity contribution is 5.73. The number of hydrogen-bond donors (Lipinski definition) is 14. The summed E-state index contributed by atoms with van der Waals surface area (Å²) >= 11 is 0. The Bertz CT molecular complexity index is 646.